The largest absolute Gasteiger partial charge is 0.490 e. The van der Waals surface area contributed by atoms with E-state index in [9.17, 15) is 26.3 Å². The van der Waals surface area contributed by atoms with Crippen LogP contribution in [0.25, 0.3) is 11.2 Å². The van der Waals surface area contributed by atoms with Crippen molar-refractivity contribution in [2.45, 2.75) is 69.6 Å². The third-order valence-electron chi connectivity index (χ3n) is 6.03. The zero-order chi connectivity index (χ0) is 29.1. The van der Waals surface area contributed by atoms with Crippen LogP contribution in [0.15, 0.2) is 6.33 Å². The van der Waals surface area contributed by atoms with E-state index in [1.165, 1.54) is 18.7 Å². The minimum atomic E-state index is -5.08. The standard InChI is InChI=1S/C18H26N6O.2C2HF3O2/c1-11-8-23(9-12(2)25-11)17-15-18(21-10-20-17)24(14-5-6-19-7-14)16(22-15)13-3-4-13;2*3-2(4,5)1(6)7/h10-14,19H,3-9H2,1-2H3;2*(H,6,7)/t11-,12+,14?;;. The molecule has 3 aliphatic rings. The second-order valence-electron chi connectivity index (χ2n) is 9.40. The van der Waals surface area contributed by atoms with E-state index in [0.29, 0.717) is 12.0 Å². The van der Waals surface area contributed by atoms with E-state index in [0.717, 1.165) is 49.6 Å². The smallest absolute Gasteiger partial charge is 0.475 e. The molecule has 2 aromatic rings. The predicted molar refractivity (Wildman–Crippen MR) is 123 cm³/mol. The van der Waals surface area contributed by atoms with E-state index in [1.54, 1.807) is 6.33 Å². The number of alkyl halides is 6. The molecule has 0 spiro atoms. The van der Waals surface area contributed by atoms with Gasteiger partial charge < -0.3 is 29.7 Å². The highest BCUT2D eigenvalue weighted by molar-refractivity contribution is 5.84. The first-order valence-electron chi connectivity index (χ1n) is 12.0. The Morgan fingerprint density at radius 2 is 1.51 bits per heavy atom. The Balaban J connectivity index is 0.000000251. The first-order chi connectivity index (χ1) is 18.1. The molecule has 39 heavy (non-hydrogen) atoms. The fourth-order valence-electron chi connectivity index (χ4n) is 4.35. The van der Waals surface area contributed by atoms with E-state index >= 15 is 0 Å². The van der Waals surface area contributed by atoms with Gasteiger partial charge in [0.2, 0.25) is 0 Å². The van der Waals surface area contributed by atoms with Crippen LogP contribution >= 0.6 is 0 Å². The molecule has 2 saturated heterocycles. The van der Waals surface area contributed by atoms with Crippen LogP contribution in [0, 0.1) is 0 Å². The predicted octanol–water partition coefficient (Wildman–Crippen LogP) is 3.12. The number of carboxylic acid groups (broad SMARTS) is 2. The number of hydrogen-bond donors (Lipinski definition) is 3. The molecule has 0 amide bonds. The number of hydrogen-bond acceptors (Lipinski definition) is 8. The molecule has 0 bridgehead atoms. The van der Waals surface area contributed by atoms with Gasteiger partial charge in [-0.25, -0.2) is 24.5 Å². The number of fused-ring (bicyclic) bond motifs is 1. The zero-order valence-electron chi connectivity index (χ0n) is 21.0. The summed E-state index contributed by atoms with van der Waals surface area (Å²) >= 11 is 0. The topological polar surface area (TPSA) is 143 Å². The molecule has 1 saturated carbocycles. The minimum absolute atomic E-state index is 0.206. The van der Waals surface area contributed by atoms with Gasteiger partial charge in [-0.1, -0.05) is 0 Å². The lowest BCUT2D eigenvalue weighted by Gasteiger charge is -2.35. The average Bonchev–Trinajstić information content (AvgIpc) is 3.37. The molecule has 5 rings (SSSR count). The molecule has 1 unspecified atom stereocenters. The van der Waals surface area contributed by atoms with E-state index in [1.807, 2.05) is 0 Å². The van der Waals surface area contributed by atoms with Crippen LogP contribution < -0.4 is 10.2 Å². The highest BCUT2D eigenvalue weighted by Gasteiger charge is 2.39. The highest BCUT2D eigenvalue weighted by Crippen LogP contribution is 2.43. The molecule has 218 valence electrons. The van der Waals surface area contributed by atoms with Gasteiger partial charge in [-0.3, -0.25) is 0 Å². The van der Waals surface area contributed by atoms with Gasteiger partial charge in [-0.05, 0) is 39.7 Å². The molecule has 4 heterocycles. The Labute approximate surface area is 218 Å². The third kappa shape index (κ3) is 7.90. The highest BCUT2D eigenvalue weighted by atomic mass is 19.4. The van der Waals surface area contributed by atoms with Crippen LogP contribution in [0.3, 0.4) is 0 Å². The summed E-state index contributed by atoms with van der Waals surface area (Å²) in [5.74, 6) is -2.72. The molecule has 0 radical (unpaired) electrons. The summed E-state index contributed by atoms with van der Waals surface area (Å²) in [5.41, 5.74) is 1.98. The Bertz CT molecular complexity index is 1130. The second-order valence-corrected chi connectivity index (χ2v) is 9.40. The number of carboxylic acids is 2. The van der Waals surface area contributed by atoms with Crippen molar-refractivity contribution in [3.8, 4) is 0 Å². The lowest BCUT2D eigenvalue weighted by atomic mass is 10.2. The second kappa shape index (κ2) is 11.9. The molecule has 2 aromatic heterocycles. The number of rotatable bonds is 3. The van der Waals surface area contributed by atoms with Gasteiger partial charge in [0.15, 0.2) is 17.0 Å². The Hall–Kier alpha value is -3.21. The number of aliphatic carboxylic acids is 2. The monoisotopic (exact) mass is 570 g/mol. The summed E-state index contributed by atoms with van der Waals surface area (Å²) in [6, 6.07) is 0.464. The van der Waals surface area contributed by atoms with Crippen LogP contribution in [0.4, 0.5) is 32.2 Å². The van der Waals surface area contributed by atoms with Gasteiger partial charge >= 0.3 is 24.3 Å². The number of morpholine rings is 1. The van der Waals surface area contributed by atoms with Gasteiger partial charge in [-0.2, -0.15) is 26.3 Å². The van der Waals surface area contributed by atoms with Gasteiger partial charge in [0.1, 0.15) is 12.2 Å². The van der Waals surface area contributed by atoms with Crippen LogP contribution in [-0.4, -0.2) is 92.4 Å². The maximum Gasteiger partial charge on any atom is 0.490 e. The van der Waals surface area contributed by atoms with Crippen molar-refractivity contribution in [2.24, 2.45) is 0 Å². The summed E-state index contributed by atoms with van der Waals surface area (Å²) in [4.78, 5) is 34.5. The van der Waals surface area contributed by atoms with Crippen molar-refractivity contribution in [2.75, 3.05) is 31.1 Å². The van der Waals surface area contributed by atoms with E-state index < -0.39 is 24.3 Å². The number of imidazole rings is 1. The molecule has 1 aliphatic carbocycles. The van der Waals surface area contributed by atoms with Gasteiger partial charge in [0.05, 0.1) is 18.2 Å². The van der Waals surface area contributed by atoms with Crippen molar-refractivity contribution in [1.82, 2.24) is 24.8 Å². The Morgan fingerprint density at radius 3 is 1.95 bits per heavy atom. The average molecular weight is 570 g/mol. The quantitative estimate of drug-likeness (QED) is 0.471. The van der Waals surface area contributed by atoms with Crippen LogP contribution in [-0.2, 0) is 14.3 Å². The number of anilines is 1. The van der Waals surface area contributed by atoms with Crippen molar-refractivity contribution >= 4 is 28.9 Å². The normalized spacial score (nSPS) is 23.5. The molecule has 0 aromatic carbocycles. The molecule has 11 nitrogen and oxygen atoms in total. The maximum atomic E-state index is 10.6. The molecular formula is C22H28F6N6O5. The summed E-state index contributed by atoms with van der Waals surface area (Å²) in [6.07, 6.45) is -4.40. The number of halogens is 6. The minimum Gasteiger partial charge on any atom is -0.475 e. The zero-order valence-corrected chi connectivity index (χ0v) is 21.0. The molecule has 2 aliphatic heterocycles. The molecule has 17 heteroatoms. The van der Waals surface area contributed by atoms with Crippen LogP contribution in [0.2, 0.25) is 0 Å². The van der Waals surface area contributed by atoms with Crippen LogP contribution in [0.1, 0.15) is 50.9 Å². The van der Waals surface area contributed by atoms with Crippen LogP contribution in [0.5, 0.6) is 0 Å². The van der Waals surface area contributed by atoms with Crippen molar-refractivity contribution < 1.29 is 50.9 Å². The van der Waals surface area contributed by atoms with Gasteiger partial charge in [0, 0.05) is 25.6 Å². The lowest BCUT2D eigenvalue weighted by molar-refractivity contribution is -0.193. The van der Waals surface area contributed by atoms with Crippen molar-refractivity contribution in [3.05, 3.63) is 12.2 Å². The number of nitrogens with zero attached hydrogens (tertiary/aromatic N) is 5. The fourth-order valence-corrected chi connectivity index (χ4v) is 4.35. The third-order valence-corrected chi connectivity index (χ3v) is 6.03. The SMILES string of the molecule is C[C@@H]1CN(c2ncnc3c2nc(C2CC2)n3C2CCNC2)C[C@H](C)O1.O=C(O)C(F)(F)F.O=C(O)C(F)(F)F. The van der Waals surface area contributed by atoms with E-state index in [-0.39, 0.29) is 12.2 Å². The Morgan fingerprint density at radius 1 is 0.974 bits per heavy atom. The molecular weight excluding hydrogens is 542 g/mol. The first-order valence-corrected chi connectivity index (χ1v) is 12.0. The van der Waals surface area contributed by atoms with Gasteiger partial charge in [-0.15, -0.1) is 0 Å². The van der Waals surface area contributed by atoms with E-state index in [4.69, 9.17) is 29.5 Å². The summed E-state index contributed by atoms with van der Waals surface area (Å²) in [7, 11) is 0. The Kier molecular flexibility index (Phi) is 9.25. The van der Waals surface area contributed by atoms with Gasteiger partial charge in [0.25, 0.3) is 0 Å². The molecule has 3 fully saturated rings. The molecule has 3 atom stereocenters. The van der Waals surface area contributed by atoms with Crippen molar-refractivity contribution in [1.29, 1.82) is 0 Å². The first kappa shape index (κ1) is 30.3. The number of nitrogens with one attached hydrogen (secondary N) is 1. The van der Waals surface area contributed by atoms with E-state index in [2.05, 4.69) is 38.6 Å². The maximum absolute atomic E-state index is 10.6. The number of aromatic nitrogens is 4. The lowest BCUT2D eigenvalue weighted by Crippen LogP contribution is -2.46. The number of carbonyl (C=O) groups is 2. The number of ether oxygens (including phenoxy) is 1. The fraction of sp³-hybridized carbons (Fsp3) is 0.682. The summed E-state index contributed by atoms with van der Waals surface area (Å²) < 4.78 is 71.8. The summed E-state index contributed by atoms with van der Waals surface area (Å²) in [5, 5.41) is 17.7. The summed E-state index contributed by atoms with van der Waals surface area (Å²) in [6.45, 7) is 8.04. The van der Waals surface area contributed by atoms with Crippen molar-refractivity contribution in [3.63, 3.8) is 0 Å². The molecule has 3 N–H and O–H groups in total.